The summed E-state index contributed by atoms with van der Waals surface area (Å²) in [6.45, 7) is 24.2. The molecule has 1 aliphatic carbocycles. The second-order valence-corrected chi connectivity index (χ2v) is 11.5. The molecule has 3 heterocycles. The van der Waals surface area contributed by atoms with Crippen LogP contribution in [0.3, 0.4) is 0 Å². The fourth-order valence-corrected chi connectivity index (χ4v) is 5.17. The zero-order valence-electron chi connectivity index (χ0n) is 24.9. The number of nitrogens with one attached hydrogen (secondary N) is 2. The highest BCUT2D eigenvalue weighted by molar-refractivity contribution is 7.10. The molecule has 0 saturated carbocycles. The van der Waals surface area contributed by atoms with Gasteiger partial charge in [-0.25, -0.2) is 4.98 Å². The summed E-state index contributed by atoms with van der Waals surface area (Å²) in [5, 5.41) is 9.38. The predicted molar refractivity (Wildman–Crippen MR) is 172 cm³/mol. The third kappa shape index (κ3) is 7.99. The summed E-state index contributed by atoms with van der Waals surface area (Å²) in [5.41, 5.74) is 5.90. The number of hydrogen-bond donors (Lipinski definition) is 2. The van der Waals surface area contributed by atoms with Crippen molar-refractivity contribution in [3.05, 3.63) is 105 Å². The van der Waals surface area contributed by atoms with Crippen molar-refractivity contribution in [2.45, 2.75) is 59.4 Å². The van der Waals surface area contributed by atoms with Gasteiger partial charge in [0.1, 0.15) is 11.3 Å². The van der Waals surface area contributed by atoms with Crippen molar-refractivity contribution in [1.82, 2.24) is 19.9 Å². The van der Waals surface area contributed by atoms with E-state index in [-0.39, 0.29) is 17.4 Å². The Morgan fingerprint density at radius 1 is 1.15 bits per heavy atom. The van der Waals surface area contributed by atoms with E-state index in [1.54, 1.807) is 35.8 Å². The molecule has 4 rings (SSSR count). The quantitative estimate of drug-likeness (QED) is 0.222. The van der Waals surface area contributed by atoms with Gasteiger partial charge in [0.05, 0.1) is 11.2 Å². The number of likely N-dealkylation sites (N-methyl/N-ethyl adjacent to an activating group) is 1. The predicted octanol–water partition coefficient (Wildman–Crippen LogP) is 7.40. The number of carbonyl (C=O) groups is 1. The first-order valence-corrected chi connectivity index (χ1v) is 14.5. The summed E-state index contributed by atoms with van der Waals surface area (Å²) < 4.78 is 1.85. The lowest BCUT2D eigenvalue weighted by Gasteiger charge is -2.30. The lowest BCUT2D eigenvalue weighted by molar-refractivity contribution is -0.105. The van der Waals surface area contributed by atoms with Gasteiger partial charge in [-0.05, 0) is 36.4 Å². The van der Waals surface area contributed by atoms with E-state index in [9.17, 15) is 9.59 Å². The molecule has 1 aliphatic rings. The van der Waals surface area contributed by atoms with Gasteiger partial charge in [0.15, 0.2) is 5.43 Å². The molecule has 6 nitrogen and oxygen atoms in total. The fraction of sp³-hybridized carbons (Fsp3) is 0.364. The Hall–Kier alpha value is -3.55. The third-order valence-electron chi connectivity index (χ3n) is 6.84. The summed E-state index contributed by atoms with van der Waals surface area (Å²) in [6.07, 6.45) is 13.9. The Morgan fingerprint density at radius 2 is 1.85 bits per heavy atom. The van der Waals surface area contributed by atoms with Gasteiger partial charge in [0.25, 0.3) is 0 Å². The van der Waals surface area contributed by atoms with Crippen LogP contribution in [0.2, 0.25) is 0 Å². The Balaban J connectivity index is 0.000000215. The van der Waals surface area contributed by atoms with Crippen molar-refractivity contribution in [2.24, 2.45) is 11.8 Å². The zero-order chi connectivity index (χ0) is 30.0. The fourth-order valence-electron chi connectivity index (χ4n) is 4.35. The van der Waals surface area contributed by atoms with Crippen LogP contribution in [0.1, 0.15) is 75.2 Å². The SMILES string of the molecule is C=C(C(C)C)C1C=CC=C(C=O)C1NC.C=Cc1c(=O)ccn2[nH]cc(C(C)C)c12.C=Cc1nc(C(C)C)cs1. The van der Waals surface area contributed by atoms with E-state index in [2.05, 4.69) is 88.1 Å². The largest absolute Gasteiger partial charge is 0.312 e. The van der Waals surface area contributed by atoms with E-state index >= 15 is 0 Å². The topological polar surface area (TPSA) is 79.3 Å². The Morgan fingerprint density at radius 3 is 2.33 bits per heavy atom. The van der Waals surface area contributed by atoms with Gasteiger partial charge in [-0.15, -0.1) is 11.3 Å². The number of hydrogen-bond acceptors (Lipinski definition) is 5. The average Bonchev–Trinajstić information content (AvgIpc) is 3.60. The number of allylic oxidation sites excluding steroid dienone is 2. The van der Waals surface area contributed by atoms with Crippen molar-refractivity contribution < 1.29 is 4.79 Å². The summed E-state index contributed by atoms with van der Waals surface area (Å²) in [5.74, 6) is 1.57. The Labute approximate surface area is 242 Å². The maximum absolute atomic E-state index is 11.6. The summed E-state index contributed by atoms with van der Waals surface area (Å²) in [4.78, 5) is 26.9. The van der Waals surface area contributed by atoms with Crippen LogP contribution >= 0.6 is 11.3 Å². The first kappa shape index (κ1) is 32.7. The van der Waals surface area contributed by atoms with Gasteiger partial charge in [0, 0.05) is 46.9 Å². The van der Waals surface area contributed by atoms with E-state index in [1.807, 2.05) is 29.9 Å². The van der Waals surface area contributed by atoms with Gasteiger partial charge in [-0.3, -0.25) is 14.1 Å². The second-order valence-electron chi connectivity index (χ2n) is 10.6. The van der Waals surface area contributed by atoms with Crippen LogP contribution in [-0.2, 0) is 4.79 Å². The Bertz CT molecular complexity index is 1430. The van der Waals surface area contributed by atoms with Gasteiger partial charge < -0.3 is 10.4 Å². The van der Waals surface area contributed by atoms with Gasteiger partial charge in [-0.2, -0.15) is 0 Å². The van der Waals surface area contributed by atoms with Gasteiger partial charge in [-0.1, -0.05) is 91.2 Å². The minimum atomic E-state index is 0.0199. The summed E-state index contributed by atoms with van der Waals surface area (Å²) >= 11 is 1.65. The van der Waals surface area contributed by atoms with E-state index < -0.39 is 0 Å². The van der Waals surface area contributed by atoms with E-state index in [4.69, 9.17) is 0 Å². The standard InChI is InChI=1S/C13H19NO.C12H14N2O.C8H11NS/c1-9(2)10(3)12-7-5-6-11(8-15)13(12)14-4;1-4-9-11(15)5-6-14-12(9)10(7-13-14)8(2)3;1-4-8-9-7(5-10-8)6(2)3/h5-9,12-14H,3H2,1-2,4H3;4-8,13H,1H2,2-3H3;4-6H,1H2,2-3H3. The minimum Gasteiger partial charge on any atom is -0.312 e. The molecule has 0 aliphatic heterocycles. The molecule has 3 aromatic heterocycles. The van der Waals surface area contributed by atoms with Crippen molar-refractivity contribution in [3.63, 3.8) is 0 Å². The molecule has 2 atom stereocenters. The first-order chi connectivity index (χ1) is 19.0. The number of thiazole rings is 1. The van der Waals surface area contributed by atoms with Crippen molar-refractivity contribution in [3.8, 4) is 0 Å². The molecule has 0 aromatic carbocycles. The zero-order valence-corrected chi connectivity index (χ0v) is 25.7. The number of carbonyl (C=O) groups excluding carboxylic acids is 1. The highest BCUT2D eigenvalue weighted by Gasteiger charge is 2.26. The molecule has 0 bridgehead atoms. The molecule has 2 N–H and O–H groups in total. The van der Waals surface area contributed by atoms with Crippen LogP contribution < -0.4 is 10.7 Å². The lowest BCUT2D eigenvalue weighted by atomic mass is 9.80. The highest BCUT2D eigenvalue weighted by atomic mass is 32.1. The Kier molecular flexibility index (Phi) is 12.5. The number of aromatic amines is 1. The number of aromatic nitrogens is 3. The molecular formula is C33H44N4O2S. The number of rotatable bonds is 8. The number of H-pyrrole nitrogens is 1. The number of nitrogens with zero attached hydrogens (tertiary/aromatic N) is 2. The summed E-state index contributed by atoms with van der Waals surface area (Å²) in [7, 11) is 1.88. The molecule has 214 valence electrons. The normalized spacial score (nSPS) is 16.2. The maximum atomic E-state index is 11.6. The van der Waals surface area contributed by atoms with Crippen LogP contribution in [0.5, 0.6) is 0 Å². The molecule has 0 saturated heterocycles. The molecular weight excluding hydrogens is 516 g/mol. The molecule has 7 heteroatoms. The van der Waals surface area contributed by atoms with Crippen molar-refractivity contribution in [2.75, 3.05) is 7.05 Å². The smallest absolute Gasteiger partial charge is 0.189 e. The van der Waals surface area contributed by atoms with Crippen molar-refractivity contribution in [1.29, 1.82) is 0 Å². The molecule has 0 fully saturated rings. The number of fused-ring (bicyclic) bond motifs is 1. The van der Waals surface area contributed by atoms with E-state index in [0.717, 1.165) is 33.5 Å². The van der Waals surface area contributed by atoms with E-state index in [1.165, 1.54) is 5.69 Å². The molecule has 3 aromatic rings. The van der Waals surface area contributed by atoms with Crippen LogP contribution in [0, 0.1) is 11.8 Å². The van der Waals surface area contributed by atoms with Gasteiger partial charge in [0.2, 0.25) is 0 Å². The van der Waals surface area contributed by atoms with Crippen LogP contribution in [0.15, 0.2) is 77.7 Å². The average molecular weight is 561 g/mol. The number of aldehydes is 1. The third-order valence-corrected chi connectivity index (χ3v) is 7.70. The van der Waals surface area contributed by atoms with Gasteiger partial charge >= 0.3 is 0 Å². The summed E-state index contributed by atoms with van der Waals surface area (Å²) in [6, 6.07) is 1.62. The van der Waals surface area contributed by atoms with Crippen molar-refractivity contribution >= 4 is 35.3 Å². The lowest BCUT2D eigenvalue weighted by Crippen LogP contribution is -2.37. The van der Waals surface area contributed by atoms with Crippen LogP contribution in [0.4, 0.5) is 0 Å². The second kappa shape index (κ2) is 15.3. The monoisotopic (exact) mass is 560 g/mol. The molecule has 2 unspecified atom stereocenters. The van der Waals surface area contributed by atoms with E-state index in [0.29, 0.717) is 23.3 Å². The molecule has 0 spiro atoms. The highest BCUT2D eigenvalue weighted by Crippen LogP contribution is 2.28. The maximum Gasteiger partial charge on any atom is 0.189 e. The molecule has 0 amide bonds. The number of pyridine rings is 1. The minimum absolute atomic E-state index is 0.0199. The molecule has 0 radical (unpaired) electrons. The molecule has 40 heavy (non-hydrogen) atoms. The van der Waals surface area contributed by atoms with Crippen LogP contribution in [0.25, 0.3) is 17.7 Å². The first-order valence-electron chi connectivity index (χ1n) is 13.6. The van der Waals surface area contributed by atoms with Crippen LogP contribution in [-0.4, -0.2) is 34.0 Å².